The summed E-state index contributed by atoms with van der Waals surface area (Å²) in [6.07, 6.45) is -0.0395. The lowest BCUT2D eigenvalue weighted by Crippen LogP contribution is -2.24. The molecule has 23 heavy (non-hydrogen) atoms. The van der Waals surface area contributed by atoms with Crippen LogP contribution in [0.15, 0.2) is 42.5 Å². The predicted molar refractivity (Wildman–Crippen MR) is 86.8 cm³/mol. The summed E-state index contributed by atoms with van der Waals surface area (Å²) in [6, 6.07) is 12.7. The number of rotatable bonds is 4. The predicted octanol–water partition coefficient (Wildman–Crippen LogP) is 2.76. The quantitative estimate of drug-likeness (QED) is 0.673. The first kappa shape index (κ1) is 16.4. The third-order valence-electron chi connectivity index (χ3n) is 2.95. The van der Waals surface area contributed by atoms with Crippen molar-refractivity contribution in [1.82, 2.24) is 10.3 Å². The van der Waals surface area contributed by atoms with Crippen LogP contribution in [0.25, 0.3) is 0 Å². The fourth-order valence-electron chi connectivity index (χ4n) is 1.79. The Morgan fingerprint density at radius 2 is 2.04 bits per heavy atom. The van der Waals surface area contributed by atoms with Crippen molar-refractivity contribution in [2.24, 2.45) is 0 Å². The Morgan fingerprint density at radius 3 is 2.83 bits per heavy atom. The van der Waals surface area contributed by atoms with Gasteiger partial charge in [0.2, 0.25) is 0 Å². The highest BCUT2D eigenvalue weighted by atomic mass is 16.5. The van der Waals surface area contributed by atoms with Gasteiger partial charge in [0.25, 0.3) is 0 Å². The number of ether oxygens (including phenoxy) is 1. The Balaban J connectivity index is 1.70. The minimum absolute atomic E-state index is 0.0540. The standard InChI is InChI=1S/C18H18N2O3/c1-14-10-11-17(21)16(20-14)9-5-6-12-19-18(22)23-13-15-7-3-2-4-8-15/h2-4,7-8,10-11,21H,6,12-13H2,1H3,(H,19,22). The molecule has 0 aliphatic heterocycles. The molecule has 0 aliphatic rings. The van der Waals surface area contributed by atoms with Gasteiger partial charge in [0.05, 0.1) is 0 Å². The van der Waals surface area contributed by atoms with Crippen molar-refractivity contribution in [2.45, 2.75) is 20.0 Å². The van der Waals surface area contributed by atoms with Crippen LogP contribution in [0.5, 0.6) is 5.75 Å². The number of carbonyl (C=O) groups excluding carboxylic acids is 1. The molecule has 2 aromatic rings. The van der Waals surface area contributed by atoms with Crippen molar-refractivity contribution in [1.29, 1.82) is 0 Å². The van der Waals surface area contributed by atoms with Gasteiger partial charge >= 0.3 is 6.09 Å². The Kier molecular flexibility index (Phi) is 6.01. The number of aromatic nitrogens is 1. The van der Waals surface area contributed by atoms with Gasteiger partial charge in [-0.25, -0.2) is 9.78 Å². The minimum atomic E-state index is -0.479. The first-order valence-corrected chi connectivity index (χ1v) is 7.25. The fraction of sp³-hybridized carbons (Fsp3) is 0.222. The summed E-state index contributed by atoms with van der Waals surface area (Å²) in [4.78, 5) is 15.6. The molecular formula is C18H18N2O3. The number of hydrogen-bond acceptors (Lipinski definition) is 4. The molecule has 0 bridgehead atoms. The molecule has 0 aliphatic carbocycles. The molecule has 0 fully saturated rings. The average molecular weight is 310 g/mol. The van der Waals surface area contributed by atoms with Gasteiger partial charge in [-0.3, -0.25) is 0 Å². The van der Waals surface area contributed by atoms with E-state index < -0.39 is 6.09 Å². The molecule has 0 atom stereocenters. The molecule has 1 amide bonds. The molecule has 0 radical (unpaired) electrons. The van der Waals surface area contributed by atoms with E-state index in [9.17, 15) is 9.90 Å². The largest absolute Gasteiger partial charge is 0.505 e. The molecule has 5 heteroatoms. The Labute approximate surface area is 135 Å². The zero-order chi connectivity index (χ0) is 16.5. The Morgan fingerprint density at radius 1 is 1.26 bits per heavy atom. The van der Waals surface area contributed by atoms with Gasteiger partial charge in [0.1, 0.15) is 12.4 Å². The van der Waals surface area contributed by atoms with Crippen LogP contribution in [0.1, 0.15) is 23.4 Å². The molecule has 1 heterocycles. The van der Waals surface area contributed by atoms with Gasteiger partial charge in [0, 0.05) is 18.7 Å². The smallest absolute Gasteiger partial charge is 0.407 e. The van der Waals surface area contributed by atoms with E-state index in [1.165, 1.54) is 0 Å². The summed E-state index contributed by atoms with van der Waals surface area (Å²) >= 11 is 0. The second-order valence-corrected chi connectivity index (χ2v) is 4.86. The van der Waals surface area contributed by atoms with Crippen molar-refractivity contribution < 1.29 is 14.6 Å². The first-order valence-electron chi connectivity index (χ1n) is 7.25. The molecule has 0 saturated heterocycles. The van der Waals surface area contributed by atoms with Gasteiger partial charge in [-0.1, -0.05) is 36.3 Å². The fourth-order valence-corrected chi connectivity index (χ4v) is 1.79. The molecule has 2 rings (SSSR count). The molecule has 1 aromatic heterocycles. The van der Waals surface area contributed by atoms with Crippen LogP contribution in [0.4, 0.5) is 4.79 Å². The lowest BCUT2D eigenvalue weighted by Gasteiger charge is -2.05. The number of pyridine rings is 1. The normalized spacial score (nSPS) is 9.61. The third-order valence-corrected chi connectivity index (χ3v) is 2.95. The number of aryl methyl sites for hydroxylation is 1. The van der Waals surface area contributed by atoms with Crippen molar-refractivity contribution >= 4 is 6.09 Å². The summed E-state index contributed by atoms with van der Waals surface area (Å²) in [6.45, 7) is 2.43. The van der Waals surface area contributed by atoms with Crippen molar-refractivity contribution in [3.63, 3.8) is 0 Å². The second kappa shape index (κ2) is 8.44. The topological polar surface area (TPSA) is 71.5 Å². The maximum absolute atomic E-state index is 11.5. The van der Waals surface area contributed by atoms with Gasteiger partial charge in [-0.05, 0) is 30.5 Å². The van der Waals surface area contributed by atoms with Gasteiger partial charge in [-0.15, -0.1) is 0 Å². The zero-order valence-electron chi connectivity index (χ0n) is 12.9. The summed E-state index contributed by atoms with van der Waals surface area (Å²) in [5.41, 5.74) is 2.06. The third kappa shape index (κ3) is 5.71. The first-order chi connectivity index (χ1) is 11.1. The van der Waals surface area contributed by atoms with Crippen LogP contribution < -0.4 is 5.32 Å². The van der Waals surface area contributed by atoms with Crippen LogP contribution in [-0.2, 0) is 11.3 Å². The zero-order valence-corrected chi connectivity index (χ0v) is 12.9. The number of carbonyl (C=O) groups is 1. The van der Waals surface area contributed by atoms with Crippen molar-refractivity contribution in [3.8, 4) is 17.6 Å². The molecule has 1 aromatic carbocycles. The van der Waals surface area contributed by atoms with Crippen molar-refractivity contribution in [2.75, 3.05) is 6.54 Å². The number of benzene rings is 1. The molecule has 5 nitrogen and oxygen atoms in total. The van der Waals surface area contributed by atoms with E-state index >= 15 is 0 Å². The minimum Gasteiger partial charge on any atom is -0.505 e. The Bertz CT molecular complexity index is 718. The monoisotopic (exact) mass is 310 g/mol. The Hall–Kier alpha value is -3.00. The van der Waals surface area contributed by atoms with Crippen LogP contribution in [-0.4, -0.2) is 22.7 Å². The van der Waals surface area contributed by atoms with Crippen LogP contribution in [0.2, 0.25) is 0 Å². The van der Waals surface area contributed by atoms with E-state index in [1.807, 2.05) is 37.3 Å². The summed E-state index contributed by atoms with van der Waals surface area (Å²) in [7, 11) is 0. The molecule has 0 unspecified atom stereocenters. The maximum atomic E-state index is 11.5. The number of aromatic hydroxyl groups is 1. The average Bonchev–Trinajstić information content (AvgIpc) is 2.56. The highest BCUT2D eigenvalue weighted by molar-refractivity contribution is 5.67. The van der Waals surface area contributed by atoms with Gasteiger partial charge in [0.15, 0.2) is 5.69 Å². The molecular weight excluding hydrogens is 292 g/mol. The van der Waals surface area contributed by atoms with Crippen molar-refractivity contribution in [3.05, 3.63) is 59.4 Å². The highest BCUT2D eigenvalue weighted by Crippen LogP contribution is 2.12. The molecule has 0 saturated carbocycles. The van der Waals surface area contributed by atoms with Crippen LogP contribution in [0, 0.1) is 18.8 Å². The summed E-state index contributed by atoms with van der Waals surface area (Å²) < 4.78 is 5.08. The number of nitrogens with one attached hydrogen (secondary N) is 1. The number of hydrogen-bond donors (Lipinski definition) is 2. The number of alkyl carbamates (subject to hydrolysis) is 1. The number of amides is 1. The lowest BCUT2D eigenvalue weighted by molar-refractivity contribution is 0.140. The van der Waals surface area contributed by atoms with E-state index in [1.54, 1.807) is 12.1 Å². The summed E-state index contributed by atoms with van der Waals surface area (Å²) in [5.74, 6) is 5.69. The number of nitrogens with zero attached hydrogens (tertiary/aromatic N) is 1. The van der Waals surface area contributed by atoms with Gasteiger partial charge in [-0.2, -0.15) is 0 Å². The highest BCUT2D eigenvalue weighted by Gasteiger charge is 2.01. The maximum Gasteiger partial charge on any atom is 0.407 e. The van der Waals surface area contributed by atoms with E-state index in [-0.39, 0.29) is 12.4 Å². The van der Waals surface area contributed by atoms with E-state index in [0.29, 0.717) is 18.7 Å². The van der Waals surface area contributed by atoms with Crippen LogP contribution >= 0.6 is 0 Å². The molecule has 0 spiro atoms. The SMILES string of the molecule is Cc1ccc(O)c(C#CCCNC(=O)OCc2ccccc2)n1. The van der Waals surface area contributed by atoms with Crippen LogP contribution in [0.3, 0.4) is 0 Å². The summed E-state index contributed by atoms with van der Waals surface area (Å²) in [5, 5.41) is 12.2. The van der Waals surface area contributed by atoms with E-state index in [4.69, 9.17) is 4.74 Å². The van der Waals surface area contributed by atoms with E-state index in [0.717, 1.165) is 11.3 Å². The molecule has 118 valence electrons. The van der Waals surface area contributed by atoms with E-state index in [2.05, 4.69) is 22.1 Å². The lowest BCUT2D eigenvalue weighted by atomic mass is 10.2. The second-order valence-electron chi connectivity index (χ2n) is 4.86. The molecule has 2 N–H and O–H groups in total. The van der Waals surface area contributed by atoms with Gasteiger partial charge < -0.3 is 15.2 Å².